The molecule has 0 bridgehead atoms. The smallest absolute Gasteiger partial charge is 0.00979 e. The summed E-state index contributed by atoms with van der Waals surface area (Å²) in [5.41, 5.74) is 0. The van der Waals surface area contributed by atoms with Crippen LogP contribution in [0.15, 0.2) is 12.2 Å². The zero-order chi connectivity index (χ0) is 11.2. The van der Waals surface area contributed by atoms with E-state index >= 15 is 0 Å². The predicted octanol–water partition coefficient (Wildman–Crippen LogP) is 5.39. The minimum atomic E-state index is 1.06. The van der Waals surface area contributed by atoms with Crippen LogP contribution in [0.25, 0.3) is 0 Å². The van der Waals surface area contributed by atoms with Gasteiger partial charge in [-0.05, 0) is 31.9 Å². The highest BCUT2D eigenvalue weighted by Crippen LogP contribution is 2.10. The molecule has 0 unspecified atom stereocenters. The van der Waals surface area contributed by atoms with E-state index in [1.807, 2.05) is 0 Å². The number of allylic oxidation sites excluding steroid dienone is 2. The lowest BCUT2D eigenvalue weighted by molar-refractivity contribution is 0.567. The van der Waals surface area contributed by atoms with E-state index < -0.39 is 0 Å². The van der Waals surface area contributed by atoms with Crippen LogP contribution in [0.1, 0.15) is 71.1 Å². The monoisotopic (exact) mass is 228 g/mol. The van der Waals surface area contributed by atoms with Crippen LogP contribution in [-0.2, 0) is 0 Å². The van der Waals surface area contributed by atoms with Crippen LogP contribution in [0.4, 0.5) is 0 Å². The second-order valence-corrected chi connectivity index (χ2v) is 4.71. The van der Waals surface area contributed by atoms with E-state index in [9.17, 15) is 0 Å². The van der Waals surface area contributed by atoms with Crippen molar-refractivity contribution < 1.29 is 0 Å². The Hall–Kier alpha value is 0.0900. The molecule has 0 aromatic rings. The molecular formula is C14H28S. The van der Waals surface area contributed by atoms with E-state index in [4.69, 9.17) is 0 Å². The Balaban J connectivity index is 2.86. The van der Waals surface area contributed by atoms with E-state index in [1.54, 1.807) is 0 Å². The van der Waals surface area contributed by atoms with Gasteiger partial charge in [-0.1, -0.05) is 57.1 Å². The van der Waals surface area contributed by atoms with Gasteiger partial charge in [-0.15, -0.1) is 0 Å². The third kappa shape index (κ3) is 14.1. The van der Waals surface area contributed by atoms with E-state index in [2.05, 4.69) is 31.7 Å². The Bertz CT molecular complexity index is 129. The summed E-state index contributed by atoms with van der Waals surface area (Å²) in [6.07, 6.45) is 18.3. The van der Waals surface area contributed by atoms with Crippen molar-refractivity contribution in [2.45, 2.75) is 71.1 Å². The second kappa shape index (κ2) is 14.1. The lowest BCUT2D eigenvalue weighted by atomic mass is 10.1. The largest absolute Gasteiger partial charge is 0.179 e. The number of thiol groups is 1. The molecule has 0 N–H and O–H groups in total. The molecule has 0 saturated heterocycles. The first-order valence-corrected chi connectivity index (χ1v) is 7.27. The molecule has 0 aromatic heterocycles. The predicted molar refractivity (Wildman–Crippen MR) is 74.8 cm³/mol. The summed E-state index contributed by atoms with van der Waals surface area (Å²) in [6, 6.07) is 0. The van der Waals surface area contributed by atoms with Crippen molar-refractivity contribution in [1.29, 1.82) is 0 Å². The second-order valence-electron chi connectivity index (χ2n) is 4.26. The quantitative estimate of drug-likeness (QED) is 0.273. The summed E-state index contributed by atoms with van der Waals surface area (Å²) in [5, 5.41) is 0. The van der Waals surface area contributed by atoms with Crippen LogP contribution in [0.3, 0.4) is 0 Å². The van der Waals surface area contributed by atoms with E-state index in [1.165, 1.54) is 64.2 Å². The first-order chi connectivity index (χ1) is 7.41. The number of unbranched alkanes of at least 4 members (excludes halogenated alkanes) is 9. The summed E-state index contributed by atoms with van der Waals surface area (Å²) in [5.74, 6) is 1.06. The minimum absolute atomic E-state index is 1.06. The molecule has 0 amide bonds. The molecule has 0 fully saturated rings. The summed E-state index contributed by atoms with van der Waals surface area (Å²) >= 11 is 4.21. The van der Waals surface area contributed by atoms with Crippen molar-refractivity contribution in [2.24, 2.45) is 0 Å². The summed E-state index contributed by atoms with van der Waals surface area (Å²) in [6.45, 7) is 2.10. The third-order valence-corrected chi connectivity index (χ3v) is 3.08. The van der Waals surface area contributed by atoms with Gasteiger partial charge in [0.2, 0.25) is 0 Å². The molecule has 0 heterocycles. The molecule has 0 aromatic carbocycles. The summed E-state index contributed by atoms with van der Waals surface area (Å²) in [7, 11) is 0. The molecule has 1 heteroatoms. The molecule has 15 heavy (non-hydrogen) atoms. The molecule has 0 aliphatic rings. The highest BCUT2D eigenvalue weighted by Gasteiger charge is 1.91. The zero-order valence-electron chi connectivity index (χ0n) is 10.4. The fourth-order valence-corrected chi connectivity index (χ4v) is 2.00. The Labute approximate surface area is 102 Å². The van der Waals surface area contributed by atoms with Crippen molar-refractivity contribution >= 4 is 12.6 Å². The topological polar surface area (TPSA) is 0 Å². The molecule has 0 saturated carbocycles. The summed E-state index contributed by atoms with van der Waals surface area (Å²) < 4.78 is 0. The molecule has 0 radical (unpaired) electrons. The molecule has 0 aliphatic carbocycles. The van der Waals surface area contributed by atoms with E-state index in [0.29, 0.717) is 0 Å². The van der Waals surface area contributed by atoms with E-state index in [-0.39, 0.29) is 0 Å². The lowest BCUT2D eigenvalue weighted by Crippen LogP contribution is -1.82. The Kier molecular flexibility index (Phi) is 14.2. The van der Waals surface area contributed by atoms with Gasteiger partial charge in [-0.2, -0.15) is 12.6 Å². The van der Waals surface area contributed by atoms with Crippen LogP contribution in [0.5, 0.6) is 0 Å². The van der Waals surface area contributed by atoms with Crippen LogP contribution >= 0.6 is 12.6 Å². The van der Waals surface area contributed by atoms with Crippen LogP contribution in [0, 0.1) is 0 Å². The molecule has 0 nitrogen and oxygen atoms in total. The van der Waals surface area contributed by atoms with Crippen LogP contribution in [-0.4, -0.2) is 5.75 Å². The van der Waals surface area contributed by atoms with Gasteiger partial charge >= 0.3 is 0 Å². The Morgan fingerprint density at radius 2 is 1.20 bits per heavy atom. The van der Waals surface area contributed by atoms with Crippen molar-refractivity contribution in [3.63, 3.8) is 0 Å². The van der Waals surface area contributed by atoms with Crippen LogP contribution in [0.2, 0.25) is 0 Å². The molecule has 90 valence electrons. The maximum Gasteiger partial charge on any atom is -0.00979 e. The number of hydrogen-bond acceptors (Lipinski definition) is 1. The Morgan fingerprint density at radius 3 is 1.67 bits per heavy atom. The number of hydrogen-bond donors (Lipinski definition) is 1. The van der Waals surface area contributed by atoms with Gasteiger partial charge in [0.05, 0.1) is 0 Å². The lowest BCUT2D eigenvalue weighted by Gasteiger charge is -2.00. The van der Waals surface area contributed by atoms with Gasteiger partial charge in [0.1, 0.15) is 0 Å². The standard InChI is InChI=1S/C14H28S/c1-2-3-4-5-6-7-8-9-10-11-12-13-14-15/h2-3,15H,4-14H2,1H3. The molecule has 0 rings (SSSR count). The maximum atomic E-state index is 4.21. The fraction of sp³-hybridized carbons (Fsp3) is 0.857. The fourth-order valence-electron chi connectivity index (χ4n) is 1.78. The van der Waals surface area contributed by atoms with Gasteiger partial charge in [0, 0.05) is 0 Å². The third-order valence-electron chi connectivity index (χ3n) is 2.76. The average Bonchev–Trinajstić information content (AvgIpc) is 2.26. The van der Waals surface area contributed by atoms with Gasteiger partial charge in [-0.25, -0.2) is 0 Å². The zero-order valence-corrected chi connectivity index (χ0v) is 11.3. The first-order valence-electron chi connectivity index (χ1n) is 6.64. The number of rotatable bonds is 11. The van der Waals surface area contributed by atoms with Gasteiger partial charge in [0.15, 0.2) is 0 Å². The van der Waals surface area contributed by atoms with Crippen molar-refractivity contribution in [3.05, 3.63) is 12.2 Å². The normalized spacial score (nSPS) is 11.3. The van der Waals surface area contributed by atoms with Crippen molar-refractivity contribution in [1.82, 2.24) is 0 Å². The molecule has 0 aliphatic heterocycles. The van der Waals surface area contributed by atoms with E-state index in [0.717, 1.165) is 5.75 Å². The van der Waals surface area contributed by atoms with Crippen molar-refractivity contribution in [3.8, 4) is 0 Å². The first kappa shape index (κ1) is 15.1. The average molecular weight is 228 g/mol. The highest BCUT2D eigenvalue weighted by atomic mass is 32.1. The Morgan fingerprint density at radius 1 is 0.733 bits per heavy atom. The SMILES string of the molecule is CC=CCCCCCCCCCCCS. The van der Waals surface area contributed by atoms with Crippen LogP contribution < -0.4 is 0 Å². The molecule has 0 spiro atoms. The highest BCUT2D eigenvalue weighted by molar-refractivity contribution is 7.80. The van der Waals surface area contributed by atoms with Gasteiger partial charge in [-0.3, -0.25) is 0 Å². The minimum Gasteiger partial charge on any atom is -0.179 e. The van der Waals surface area contributed by atoms with Gasteiger partial charge < -0.3 is 0 Å². The summed E-state index contributed by atoms with van der Waals surface area (Å²) in [4.78, 5) is 0. The van der Waals surface area contributed by atoms with Gasteiger partial charge in [0.25, 0.3) is 0 Å². The molecular weight excluding hydrogens is 200 g/mol. The maximum absolute atomic E-state index is 4.21. The molecule has 0 atom stereocenters. The van der Waals surface area contributed by atoms with Crippen molar-refractivity contribution in [2.75, 3.05) is 5.75 Å².